The van der Waals surface area contributed by atoms with Crippen molar-refractivity contribution >= 4 is 22.9 Å². The zero-order chi connectivity index (χ0) is 23.5. The number of aliphatic hydroxyl groups excluding tert-OH is 1. The Bertz CT molecular complexity index is 971. The van der Waals surface area contributed by atoms with E-state index in [9.17, 15) is 15.0 Å². The number of ether oxygens (including phenoxy) is 1. The monoisotopic (exact) mass is 440 g/mol. The van der Waals surface area contributed by atoms with E-state index in [0.29, 0.717) is 32.4 Å². The van der Waals surface area contributed by atoms with Gasteiger partial charge in [-0.2, -0.15) is 0 Å². The van der Waals surface area contributed by atoms with E-state index in [-0.39, 0.29) is 11.6 Å². The molecular weight excluding hydrogens is 404 g/mol. The molecule has 1 aromatic carbocycles. The summed E-state index contributed by atoms with van der Waals surface area (Å²) in [6.45, 7) is 8.74. The molecule has 1 atom stereocenters. The smallest absolute Gasteiger partial charge is 0.313 e. The van der Waals surface area contributed by atoms with Crippen molar-refractivity contribution in [3.63, 3.8) is 0 Å². The maximum atomic E-state index is 12.0. The van der Waals surface area contributed by atoms with Crippen LogP contribution in [0.3, 0.4) is 0 Å². The standard InChI is InChI=1S/C26H36N2O4/c1-18(28(5)17-32-25(2,3)4)22-9-8-20-7-6-19(16-23(20)27-22)10-13-26(24(30)31)14-11-21(29)12-15-26/h6-10,13,16,18,21,29H,11-12,14-15,17H2,1-5H3,(H,30,31). The second-order valence-electron chi connectivity index (χ2n) is 10.0. The van der Waals surface area contributed by atoms with Gasteiger partial charge in [-0.05, 0) is 78.1 Å². The van der Waals surface area contributed by atoms with E-state index >= 15 is 0 Å². The Kier molecular flexibility index (Phi) is 7.38. The third kappa shape index (κ3) is 5.94. The van der Waals surface area contributed by atoms with Crippen molar-refractivity contribution < 1.29 is 19.7 Å². The van der Waals surface area contributed by atoms with Crippen LogP contribution in [0.25, 0.3) is 17.0 Å². The molecule has 1 aliphatic carbocycles. The normalized spacial score (nSPS) is 23.2. The van der Waals surface area contributed by atoms with Crippen molar-refractivity contribution in [2.24, 2.45) is 5.41 Å². The Balaban J connectivity index is 1.80. The fourth-order valence-corrected chi connectivity index (χ4v) is 3.94. The van der Waals surface area contributed by atoms with Crippen LogP contribution < -0.4 is 0 Å². The predicted molar refractivity (Wildman–Crippen MR) is 127 cm³/mol. The third-order valence-corrected chi connectivity index (χ3v) is 6.40. The van der Waals surface area contributed by atoms with E-state index in [1.807, 2.05) is 58.2 Å². The molecule has 0 radical (unpaired) electrons. The van der Waals surface area contributed by atoms with E-state index in [1.54, 1.807) is 6.08 Å². The lowest BCUT2D eigenvalue weighted by atomic mass is 9.73. The van der Waals surface area contributed by atoms with Gasteiger partial charge in [-0.15, -0.1) is 0 Å². The quantitative estimate of drug-likeness (QED) is 0.588. The van der Waals surface area contributed by atoms with Crippen LogP contribution in [-0.2, 0) is 9.53 Å². The molecule has 2 aromatic rings. The summed E-state index contributed by atoms with van der Waals surface area (Å²) in [5.41, 5.74) is 1.65. The van der Waals surface area contributed by atoms with E-state index in [2.05, 4.69) is 17.9 Å². The van der Waals surface area contributed by atoms with Crippen molar-refractivity contribution in [3.05, 3.63) is 47.7 Å². The Morgan fingerprint density at radius 2 is 1.94 bits per heavy atom. The first-order valence-electron chi connectivity index (χ1n) is 11.3. The van der Waals surface area contributed by atoms with Crippen LogP contribution in [0.1, 0.15) is 70.7 Å². The first-order valence-corrected chi connectivity index (χ1v) is 11.3. The first kappa shape index (κ1) is 24.4. The number of rotatable bonds is 7. The van der Waals surface area contributed by atoms with Crippen LogP contribution in [0.4, 0.5) is 0 Å². The van der Waals surface area contributed by atoms with Gasteiger partial charge < -0.3 is 14.9 Å². The zero-order valence-electron chi connectivity index (χ0n) is 19.8. The van der Waals surface area contributed by atoms with E-state index < -0.39 is 17.5 Å². The number of benzene rings is 1. The Morgan fingerprint density at radius 3 is 2.56 bits per heavy atom. The molecule has 0 bridgehead atoms. The summed E-state index contributed by atoms with van der Waals surface area (Å²) >= 11 is 0. The van der Waals surface area contributed by atoms with Gasteiger partial charge in [0.15, 0.2) is 0 Å². The summed E-state index contributed by atoms with van der Waals surface area (Å²) in [4.78, 5) is 19.0. The highest BCUT2D eigenvalue weighted by molar-refractivity contribution is 5.83. The molecule has 1 aromatic heterocycles. The molecule has 1 saturated carbocycles. The van der Waals surface area contributed by atoms with E-state index in [0.717, 1.165) is 22.2 Å². The lowest BCUT2D eigenvalue weighted by Crippen LogP contribution is -2.35. The van der Waals surface area contributed by atoms with Crippen LogP contribution >= 0.6 is 0 Å². The minimum absolute atomic E-state index is 0.0879. The summed E-state index contributed by atoms with van der Waals surface area (Å²) in [6, 6.07) is 10.2. The summed E-state index contributed by atoms with van der Waals surface area (Å²) < 4.78 is 5.89. The van der Waals surface area contributed by atoms with Gasteiger partial charge in [-0.3, -0.25) is 14.7 Å². The van der Waals surface area contributed by atoms with Crippen molar-refractivity contribution in [2.45, 2.75) is 71.1 Å². The average molecular weight is 441 g/mol. The SMILES string of the molecule is CC(c1ccc2ccc(C=CC3(C(=O)O)CCC(O)CC3)cc2n1)N(C)COC(C)(C)C. The maximum Gasteiger partial charge on any atom is 0.313 e. The Morgan fingerprint density at radius 1 is 1.28 bits per heavy atom. The number of carboxylic acid groups (broad SMARTS) is 1. The molecule has 0 aliphatic heterocycles. The number of aliphatic hydroxyl groups is 1. The minimum atomic E-state index is -0.909. The van der Waals surface area contributed by atoms with Crippen molar-refractivity contribution in [3.8, 4) is 0 Å². The second-order valence-corrected chi connectivity index (χ2v) is 10.0. The average Bonchev–Trinajstić information content (AvgIpc) is 2.75. The van der Waals surface area contributed by atoms with Crippen LogP contribution in [0.15, 0.2) is 36.4 Å². The molecule has 6 nitrogen and oxygen atoms in total. The highest BCUT2D eigenvalue weighted by atomic mass is 16.5. The predicted octanol–water partition coefficient (Wildman–Crippen LogP) is 5.02. The number of carboxylic acids is 1. The highest BCUT2D eigenvalue weighted by Crippen LogP contribution is 2.38. The summed E-state index contributed by atoms with van der Waals surface area (Å²) in [5.74, 6) is -0.823. The van der Waals surface area contributed by atoms with Gasteiger partial charge in [0.1, 0.15) is 0 Å². The lowest BCUT2D eigenvalue weighted by molar-refractivity contribution is -0.148. The molecule has 2 N–H and O–H groups in total. The number of aromatic nitrogens is 1. The van der Waals surface area contributed by atoms with Crippen molar-refractivity contribution in [1.29, 1.82) is 0 Å². The number of hydrogen-bond acceptors (Lipinski definition) is 5. The van der Waals surface area contributed by atoms with Gasteiger partial charge in [0.25, 0.3) is 0 Å². The molecule has 1 unspecified atom stereocenters. The summed E-state index contributed by atoms with van der Waals surface area (Å²) in [5, 5.41) is 20.6. The fraction of sp³-hybridized carbons (Fsp3) is 0.538. The molecule has 1 aliphatic rings. The van der Waals surface area contributed by atoms with E-state index in [4.69, 9.17) is 9.72 Å². The summed E-state index contributed by atoms with van der Waals surface area (Å²) in [6.07, 6.45) is 5.23. The number of nitrogens with zero attached hydrogens (tertiary/aromatic N) is 2. The molecule has 0 amide bonds. The van der Waals surface area contributed by atoms with Gasteiger partial charge in [0.2, 0.25) is 0 Å². The Labute approximate surface area is 190 Å². The largest absolute Gasteiger partial charge is 0.481 e. The minimum Gasteiger partial charge on any atom is -0.481 e. The number of pyridine rings is 1. The molecule has 6 heteroatoms. The molecule has 1 heterocycles. The van der Waals surface area contributed by atoms with E-state index in [1.165, 1.54) is 0 Å². The topological polar surface area (TPSA) is 82.9 Å². The molecule has 0 spiro atoms. The van der Waals surface area contributed by atoms with Crippen molar-refractivity contribution in [2.75, 3.05) is 13.8 Å². The number of hydrogen-bond donors (Lipinski definition) is 2. The lowest BCUT2D eigenvalue weighted by Gasteiger charge is -2.32. The van der Waals surface area contributed by atoms with Crippen molar-refractivity contribution in [1.82, 2.24) is 9.88 Å². The molecule has 3 rings (SSSR count). The second kappa shape index (κ2) is 9.69. The summed E-state index contributed by atoms with van der Waals surface area (Å²) in [7, 11) is 2.02. The van der Waals surface area contributed by atoms with Gasteiger partial charge in [-0.25, -0.2) is 0 Å². The van der Waals surface area contributed by atoms with Crippen LogP contribution in [0.2, 0.25) is 0 Å². The first-order chi connectivity index (χ1) is 15.0. The molecule has 174 valence electrons. The fourth-order valence-electron chi connectivity index (χ4n) is 3.94. The van der Waals surface area contributed by atoms with Crippen LogP contribution in [0, 0.1) is 5.41 Å². The number of carbonyl (C=O) groups is 1. The van der Waals surface area contributed by atoms with Gasteiger partial charge in [0.05, 0.1) is 41.1 Å². The van der Waals surface area contributed by atoms with Gasteiger partial charge in [-0.1, -0.05) is 30.4 Å². The number of aliphatic carboxylic acids is 1. The number of fused-ring (bicyclic) bond motifs is 1. The molecule has 1 fully saturated rings. The van der Waals surface area contributed by atoms with Gasteiger partial charge in [0, 0.05) is 5.39 Å². The third-order valence-electron chi connectivity index (χ3n) is 6.40. The molecule has 32 heavy (non-hydrogen) atoms. The highest BCUT2D eigenvalue weighted by Gasteiger charge is 2.39. The van der Waals surface area contributed by atoms with Crippen LogP contribution in [-0.4, -0.2) is 51.5 Å². The zero-order valence-corrected chi connectivity index (χ0v) is 19.8. The maximum absolute atomic E-state index is 12.0. The Hall–Kier alpha value is -2.28. The molecule has 0 saturated heterocycles. The van der Waals surface area contributed by atoms with Crippen LogP contribution in [0.5, 0.6) is 0 Å². The molecular formula is C26H36N2O4. The van der Waals surface area contributed by atoms with Gasteiger partial charge >= 0.3 is 5.97 Å².